The Morgan fingerprint density at radius 1 is 0.880 bits per heavy atom. The molecule has 0 saturated carbocycles. The molecule has 0 heterocycles. The summed E-state index contributed by atoms with van der Waals surface area (Å²) in [4.78, 5) is 24.2. The summed E-state index contributed by atoms with van der Waals surface area (Å²) in [6.45, 7) is 4.63. The number of hydrogen-bond donors (Lipinski definition) is 2. The minimum absolute atomic E-state index is 0.0679. The molecule has 0 unspecified atom stereocenters. The van der Waals surface area contributed by atoms with Gasteiger partial charge in [-0.2, -0.15) is 0 Å². The zero-order chi connectivity index (χ0) is 18.1. The van der Waals surface area contributed by atoms with Crippen LogP contribution in [0.15, 0.2) is 48.5 Å². The van der Waals surface area contributed by atoms with Crippen molar-refractivity contribution >= 4 is 23.2 Å². The number of rotatable bonds is 8. The summed E-state index contributed by atoms with van der Waals surface area (Å²) in [6.07, 6.45) is 2.15. The zero-order valence-corrected chi connectivity index (χ0v) is 14.7. The molecule has 0 aliphatic heterocycles. The topological polar surface area (TPSA) is 67.4 Å². The van der Waals surface area contributed by atoms with Crippen LogP contribution in [0.4, 0.5) is 11.4 Å². The molecule has 0 fully saturated rings. The Bertz CT molecular complexity index is 711. The lowest BCUT2D eigenvalue weighted by atomic mass is 10.2. The number of carbonyl (C=O) groups excluding carboxylic acids is 2. The highest BCUT2D eigenvalue weighted by Gasteiger charge is 2.11. The van der Waals surface area contributed by atoms with Crippen molar-refractivity contribution in [2.45, 2.75) is 33.1 Å². The predicted molar refractivity (Wildman–Crippen MR) is 100 cm³/mol. The summed E-state index contributed by atoms with van der Waals surface area (Å²) in [7, 11) is 0. The first-order valence-electron chi connectivity index (χ1n) is 8.57. The number of ether oxygens (including phenoxy) is 1. The molecule has 2 aromatic carbocycles. The van der Waals surface area contributed by atoms with Crippen molar-refractivity contribution in [3.8, 4) is 5.75 Å². The fraction of sp³-hybridized carbons (Fsp3) is 0.300. The second kappa shape index (κ2) is 9.47. The zero-order valence-electron chi connectivity index (χ0n) is 14.7. The maximum atomic E-state index is 12.4. The van der Waals surface area contributed by atoms with Crippen LogP contribution in [0.5, 0.6) is 5.75 Å². The molecule has 2 N–H and O–H groups in total. The quantitative estimate of drug-likeness (QED) is 0.745. The smallest absolute Gasteiger partial charge is 0.255 e. The molecular formula is C20H24N2O3. The number of amides is 2. The van der Waals surface area contributed by atoms with Crippen molar-refractivity contribution in [2.24, 2.45) is 0 Å². The van der Waals surface area contributed by atoms with E-state index in [-0.39, 0.29) is 11.8 Å². The fourth-order valence-corrected chi connectivity index (χ4v) is 2.26. The fourth-order valence-electron chi connectivity index (χ4n) is 2.26. The molecular weight excluding hydrogens is 316 g/mol. The van der Waals surface area contributed by atoms with Crippen LogP contribution in [0.25, 0.3) is 0 Å². The van der Waals surface area contributed by atoms with E-state index in [0.717, 1.165) is 18.6 Å². The summed E-state index contributed by atoms with van der Waals surface area (Å²) in [5, 5.41) is 5.67. The highest BCUT2D eigenvalue weighted by molar-refractivity contribution is 6.07. The molecule has 25 heavy (non-hydrogen) atoms. The third-order valence-electron chi connectivity index (χ3n) is 3.52. The van der Waals surface area contributed by atoms with E-state index in [2.05, 4.69) is 10.6 Å². The van der Waals surface area contributed by atoms with E-state index >= 15 is 0 Å². The molecule has 0 atom stereocenters. The van der Waals surface area contributed by atoms with E-state index in [1.54, 1.807) is 36.4 Å². The molecule has 2 rings (SSSR count). The van der Waals surface area contributed by atoms with Gasteiger partial charge in [0.1, 0.15) is 5.75 Å². The third-order valence-corrected chi connectivity index (χ3v) is 3.52. The average molecular weight is 340 g/mol. The van der Waals surface area contributed by atoms with E-state index in [1.807, 2.05) is 26.0 Å². The SMILES string of the molecule is CCCOc1ccc(C(=O)Nc2ccccc2NC(=O)CCC)cc1. The van der Waals surface area contributed by atoms with E-state index in [4.69, 9.17) is 4.74 Å². The summed E-state index contributed by atoms with van der Waals surface area (Å²) in [6, 6.07) is 14.2. The highest BCUT2D eigenvalue weighted by atomic mass is 16.5. The van der Waals surface area contributed by atoms with Gasteiger partial charge in [-0.05, 0) is 49.2 Å². The van der Waals surface area contributed by atoms with Crippen LogP contribution < -0.4 is 15.4 Å². The molecule has 0 bridgehead atoms. The van der Waals surface area contributed by atoms with Gasteiger partial charge in [0.2, 0.25) is 5.91 Å². The lowest BCUT2D eigenvalue weighted by Crippen LogP contribution is -2.16. The maximum Gasteiger partial charge on any atom is 0.255 e. The first-order valence-corrected chi connectivity index (χ1v) is 8.57. The first kappa shape index (κ1) is 18.5. The standard InChI is InChI=1S/C20H24N2O3/c1-3-7-19(23)21-17-8-5-6-9-18(17)22-20(24)15-10-12-16(13-11-15)25-14-4-2/h5-6,8-13H,3-4,7,14H2,1-2H3,(H,21,23)(H,22,24). The summed E-state index contributed by atoms with van der Waals surface area (Å²) < 4.78 is 5.51. The van der Waals surface area contributed by atoms with Gasteiger partial charge in [-0.1, -0.05) is 26.0 Å². The van der Waals surface area contributed by atoms with E-state index in [1.165, 1.54) is 0 Å². The van der Waals surface area contributed by atoms with Gasteiger partial charge in [-0.25, -0.2) is 0 Å². The number of carbonyl (C=O) groups is 2. The lowest BCUT2D eigenvalue weighted by molar-refractivity contribution is -0.116. The van der Waals surface area contributed by atoms with Crippen LogP contribution in [0.1, 0.15) is 43.5 Å². The molecule has 0 aliphatic rings. The summed E-state index contributed by atoms with van der Waals surface area (Å²) in [5.41, 5.74) is 1.69. The van der Waals surface area contributed by atoms with Gasteiger partial charge in [0.25, 0.3) is 5.91 Å². The van der Waals surface area contributed by atoms with Crippen molar-refractivity contribution in [2.75, 3.05) is 17.2 Å². The van der Waals surface area contributed by atoms with Crippen LogP contribution in [0, 0.1) is 0 Å². The van der Waals surface area contributed by atoms with Crippen LogP contribution in [0.2, 0.25) is 0 Å². The summed E-state index contributed by atoms with van der Waals surface area (Å²) >= 11 is 0. The molecule has 2 amide bonds. The second-order valence-corrected chi connectivity index (χ2v) is 5.67. The van der Waals surface area contributed by atoms with Gasteiger partial charge in [-0.3, -0.25) is 9.59 Å². The minimum atomic E-state index is -0.237. The lowest BCUT2D eigenvalue weighted by Gasteiger charge is -2.12. The van der Waals surface area contributed by atoms with Crippen LogP contribution >= 0.6 is 0 Å². The Hall–Kier alpha value is -2.82. The third kappa shape index (κ3) is 5.64. The second-order valence-electron chi connectivity index (χ2n) is 5.67. The van der Waals surface area contributed by atoms with Gasteiger partial charge in [0.15, 0.2) is 0 Å². The van der Waals surface area contributed by atoms with Crippen LogP contribution in [0.3, 0.4) is 0 Å². The van der Waals surface area contributed by atoms with Crippen molar-refractivity contribution in [1.82, 2.24) is 0 Å². The van der Waals surface area contributed by atoms with Gasteiger partial charge >= 0.3 is 0 Å². The van der Waals surface area contributed by atoms with Crippen molar-refractivity contribution in [3.63, 3.8) is 0 Å². The molecule has 0 spiro atoms. The Morgan fingerprint density at radius 2 is 1.52 bits per heavy atom. The first-order chi connectivity index (χ1) is 12.1. The van der Waals surface area contributed by atoms with Gasteiger partial charge < -0.3 is 15.4 Å². The van der Waals surface area contributed by atoms with Gasteiger partial charge in [0.05, 0.1) is 18.0 Å². The Labute approximate surface area is 148 Å². The predicted octanol–water partition coefficient (Wildman–Crippen LogP) is 4.47. The number of anilines is 2. The summed E-state index contributed by atoms with van der Waals surface area (Å²) in [5.74, 6) is 0.437. The number of hydrogen-bond acceptors (Lipinski definition) is 3. The van der Waals surface area contributed by atoms with Crippen molar-refractivity contribution in [3.05, 3.63) is 54.1 Å². The molecule has 0 aromatic heterocycles. The molecule has 0 aliphatic carbocycles. The van der Waals surface area contributed by atoms with Crippen molar-refractivity contribution < 1.29 is 14.3 Å². The Morgan fingerprint density at radius 3 is 2.12 bits per heavy atom. The highest BCUT2D eigenvalue weighted by Crippen LogP contribution is 2.22. The van der Waals surface area contributed by atoms with E-state index in [9.17, 15) is 9.59 Å². The number of benzene rings is 2. The number of nitrogens with one attached hydrogen (secondary N) is 2. The van der Waals surface area contributed by atoms with Gasteiger partial charge in [-0.15, -0.1) is 0 Å². The molecule has 2 aromatic rings. The maximum absolute atomic E-state index is 12.4. The van der Waals surface area contributed by atoms with E-state index < -0.39 is 0 Å². The Kier molecular flexibility index (Phi) is 7.01. The van der Waals surface area contributed by atoms with E-state index in [0.29, 0.717) is 30.0 Å². The monoisotopic (exact) mass is 340 g/mol. The molecule has 0 saturated heterocycles. The molecule has 5 nitrogen and oxygen atoms in total. The minimum Gasteiger partial charge on any atom is -0.494 e. The average Bonchev–Trinajstić information content (AvgIpc) is 2.62. The normalized spacial score (nSPS) is 10.2. The van der Waals surface area contributed by atoms with Crippen LogP contribution in [-0.2, 0) is 4.79 Å². The molecule has 132 valence electrons. The Balaban J connectivity index is 2.06. The van der Waals surface area contributed by atoms with Gasteiger partial charge in [0, 0.05) is 12.0 Å². The van der Waals surface area contributed by atoms with Crippen LogP contribution in [-0.4, -0.2) is 18.4 Å². The number of para-hydroxylation sites is 2. The largest absolute Gasteiger partial charge is 0.494 e. The van der Waals surface area contributed by atoms with Crippen molar-refractivity contribution in [1.29, 1.82) is 0 Å². The molecule has 0 radical (unpaired) electrons. The molecule has 5 heteroatoms.